The van der Waals surface area contributed by atoms with Crippen LogP contribution in [0.1, 0.15) is 5.56 Å². The Morgan fingerprint density at radius 1 is 1.00 bits per heavy atom. The van der Waals surface area contributed by atoms with E-state index in [0.717, 1.165) is 17.3 Å². The standard InChI is InChI=1S/C17H16ClN3/c18-11-15(10-13-6-2-1-3-7-13)20-17-19-12-14-8-4-5-9-16(14)21-17/h1-9,12,15H,10-11H2,(H,19,20,21). The summed E-state index contributed by atoms with van der Waals surface area (Å²) < 4.78 is 0. The number of aromatic nitrogens is 2. The fourth-order valence-electron chi connectivity index (χ4n) is 2.27. The van der Waals surface area contributed by atoms with Crippen molar-refractivity contribution in [3.8, 4) is 0 Å². The van der Waals surface area contributed by atoms with Crippen LogP contribution >= 0.6 is 11.6 Å². The van der Waals surface area contributed by atoms with Gasteiger partial charge in [-0.3, -0.25) is 0 Å². The smallest absolute Gasteiger partial charge is 0.223 e. The van der Waals surface area contributed by atoms with Crippen molar-refractivity contribution in [2.45, 2.75) is 12.5 Å². The molecule has 0 amide bonds. The molecule has 1 atom stereocenters. The highest BCUT2D eigenvalue weighted by Gasteiger charge is 2.10. The van der Waals surface area contributed by atoms with Gasteiger partial charge in [-0.05, 0) is 18.1 Å². The number of rotatable bonds is 5. The van der Waals surface area contributed by atoms with E-state index >= 15 is 0 Å². The summed E-state index contributed by atoms with van der Waals surface area (Å²) in [6.07, 6.45) is 2.68. The van der Waals surface area contributed by atoms with Gasteiger partial charge in [0.05, 0.1) is 5.52 Å². The molecule has 0 aliphatic heterocycles. The topological polar surface area (TPSA) is 37.8 Å². The lowest BCUT2D eigenvalue weighted by molar-refractivity contribution is 0.785. The normalized spacial score (nSPS) is 12.2. The second-order valence-corrected chi connectivity index (χ2v) is 5.25. The SMILES string of the molecule is ClCC(Cc1ccccc1)Nc1ncc2ccccc2n1. The van der Waals surface area contributed by atoms with E-state index in [1.807, 2.05) is 48.7 Å². The highest BCUT2D eigenvalue weighted by Crippen LogP contribution is 2.14. The molecule has 3 rings (SSSR count). The fourth-order valence-corrected chi connectivity index (χ4v) is 2.45. The molecule has 3 aromatic rings. The lowest BCUT2D eigenvalue weighted by atomic mass is 10.1. The zero-order valence-electron chi connectivity index (χ0n) is 11.5. The molecule has 1 heterocycles. The van der Waals surface area contributed by atoms with Crippen LogP contribution in [0.25, 0.3) is 10.9 Å². The Labute approximate surface area is 129 Å². The van der Waals surface area contributed by atoms with Crippen LogP contribution < -0.4 is 5.32 Å². The molecule has 106 valence electrons. The van der Waals surface area contributed by atoms with E-state index in [2.05, 4.69) is 27.4 Å². The number of hydrogen-bond donors (Lipinski definition) is 1. The van der Waals surface area contributed by atoms with Gasteiger partial charge >= 0.3 is 0 Å². The van der Waals surface area contributed by atoms with Crippen LogP contribution in [0.15, 0.2) is 60.8 Å². The largest absolute Gasteiger partial charge is 0.350 e. The minimum atomic E-state index is 0.107. The minimum Gasteiger partial charge on any atom is -0.350 e. The van der Waals surface area contributed by atoms with Crippen molar-refractivity contribution in [3.05, 3.63) is 66.4 Å². The Morgan fingerprint density at radius 2 is 1.76 bits per heavy atom. The van der Waals surface area contributed by atoms with Crippen molar-refractivity contribution in [1.29, 1.82) is 0 Å². The highest BCUT2D eigenvalue weighted by atomic mass is 35.5. The maximum atomic E-state index is 6.07. The molecule has 0 aliphatic rings. The van der Waals surface area contributed by atoms with Gasteiger partial charge in [-0.1, -0.05) is 48.5 Å². The summed E-state index contributed by atoms with van der Waals surface area (Å²) in [5.41, 5.74) is 2.18. The van der Waals surface area contributed by atoms with Crippen molar-refractivity contribution in [3.63, 3.8) is 0 Å². The number of anilines is 1. The van der Waals surface area contributed by atoms with Crippen LogP contribution in [0.5, 0.6) is 0 Å². The van der Waals surface area contributed by atoms with Crippen molar-refractivity contribution in [1.82, 2.24) is 9.97 Å². The van der Waals surface area contributed by atoms with Crippen molar-refractivity contribution < 1.29 is 0 Å². The maximum Gasteiger partial charge on any atom is 0.223 e. The maximum absolute atomic E-state index is 6.07. The predicted molar refractivity (Wildman–Crippen MR) is 87.8 cm³/mol. The van der Waals surface area contributed by atoms with Gasteiger partial charge in [-0.25, -0.2) is 9.97 Å². The third-order valence-electron chi connectivity index (χ3n) is 3.33. The van der Waals surface area contributed by atoms with Gasteiger partial charge in [0, 0.05) is 23.5 Å². The lowest BCUT2D eigenvalue weighted by Gasteiger charge is -2.16. The van der Waals surface area contributed by atoms with E-state index < -0.39 is 0 Å². The first-order chi connectivity index (χ1) is 10.3. The zero-order valence-corrected chi connectivity index (χ0v) is 12.3. The Hall–Kier alpha value is -2.13. The van der Waals surface area contributed by atoms with Gasteiger partial charge < -0.3 is 5.32 Å². The molecular formula is C17H16ClN3. The van der Waals surface area contributed by atoms with Crippen LogP contribution in [0.2, 0.25) is 0 Å². The van der Waals surface area contributed by atoms with E-state index in [1.54, 1.807) is 0 Å². The first-order valence-corrected chi connectivity index (χ1v) is 7.47. The van der Waals surface area contributed by atoms with Crippen LogP contribution in [-0.2, 0) is 6.42 Å². The van der Waals surface area contributed by atoms with Crippen LogP contribution in [0, 0.1) is 0 Å². The number of hydrogen-bond acceptors (Lipinski definition) is 3. The number of nitrogens with one attached hydrogen (secondary N) is 1. The Morgan fingerprint density at radius 3 is 2.57 bits per heavy atom. The fraction of sp³-hybridized carbons (Fsp3) is 0.176. The zero-order chi connectivity index (χ0) is 14.5. The summed E-state index contributed by atoms with van der Waals surface area (Å²) in [6.45, 7) is 0. The molecule has 2 aromatic carbocycles. The molecule has 4 heteroatoms. The van der Waals surface area contributed by atoms with Crippen LogP contribution in [0.3, 0.4) is 0 Å². The van der Waals surface area contributed by atoms with Gasteiger partial charge in [0.1, 0.15) is 0 Å². The van der Waals surface area contributed by atoms with E-state index in [4.69, 9.17) is 11.6 Å². The summed E-state index contributed by atoms with van der Waals surface area (Å²) in [5, 5.41) is 4.35. The Bertz CT molecular complexity index is 715. The molecule has 0 saturated carbocycles. The predicted octanol–water partition coefficient (Wildman–Crippen LogP) is 3.89. The van der Waals surface area contributed by atoms with Gasteiger partial charge in [0.25, 0.3) is 0 Å². The average molecular weight is 298 g/mol. The van der Waals surface area contributed by atoms with Gasteiger partial charge in [-0.15, -0.1) is 11.6 Å². The molecule has 0 saturated heterocycles. The summed E-state index contributed by atoms with van der Waals surface area (Å²) in [4.78, 5) is 8.88. The third kappa shape index (κ3) is 3.50. The van der Waals surface area contributed by atoms with E-state index in [-0.39, 0.29) is 6.04 Å². The third-order valence-corrected chi connectivity index (χ3v) is 3.71. The second-order valence-electron chi connectivity index (χ2n) is 4.94. The van der Waals surface area contributed by atoms with Crippen LogP contribution in [0.4, 0.5) is 5.95 Å². The molecule has 21 heavy (non-hydrogen) atoms. The monoisotopic (exact) mass is 297 g/mol. The number of nitrogens with zero attached hydrogens (tertiary/aromatic N) is 2. The summed E-state index contributed by atoms with van der Waals surface area (Å²) >= 11 is 6.07. The van der Waals surface area contributed by atoms with Crippen LogP contribution in [-0.4, -0.2) is 21.9 Å². The minimum absolute atomic E-state index is 0.107. The lowest BCUT2D eigenvalue weighted by Crippen LogP contribution is -2.25. The molecule has 0 fully saturated rings. The summed E-state index contributed by atoms with van der Waals surface area (Å²) in [6, 6.07) is 18.3. The molecule has 1 unspecified atom stereocenters. The number of para-hydroxylation sites is 1. The first-order valence-electron chi connectivity index (χ1n) is 6.93. The van der Waals surface area contributed by atoms with Gasteiger partial charge in [0.2, 0.25) is 5.95 Å². The second kappa shape index (κ2) is 6.55. The number of fused-ring (bicyclic) bond motifs is 1. The Balaban J connectivity index is 1.76. The first kappa shape index (κ1) is 13.8. The molecule has 0 aliphatic carbocycles. The molecule has 1 aromatic heterocycles. The molecule has 1 N–H and O–H groups in total. The quantitative estimate of drug-likeness (QED) is 0.726. The molecule has 0 spiro atoms. The average Bonchev–Trinajstić information content (AvgIpc) is 2.55. The van der Waals surface area contributed by atoms with E-state index in [0.29, 0.717) is 11.8 Å². The van der Waals surface area contributed by atoms with Gasteiger partial charge in [0.15, 0.2) is 0 Å². The number of halogens is 1. The molecule has 0 radical (unpaired) electrons. The highest BCUT2D eigenvalue weighted by molar-refractivity contribution is 6.18. The molecular weight excluding hydrogens is 282 g/mol. The van der Waals surface area contributed by atoms with Crippen molar-refractivity contribution in [2.75, 3.05) is 11.2 Å². The summed E-state index contributed by atoms with van der Waals surface area (Å²) in [7, 11) is 0. The molecule has 0 bridgehead atoms. The number of benzene rings is 2. The molecule has 3 nitrogen and oxygen atoms in total. The van der Waals surface area contributed by atoms with Gasteiger partial charge in [-0.2, -0.15) is 0 Å². The van der Waals surface area contributed by atoms with Crippen molar-refractivity contribution in [2.24, 2.45) is 0 Å². The number of alkyl halides is 1. The summed E-state index contributed by atoms with van der Waals surface area (Å²) in [5.74, 6) is 1.13. The van der Waals surface area contributed by atoms with E-state index in [9.17, 15) is 0 Å². The Kier molecular flexibility index (Phi) is 4.31. The van der Waals surface area contributed by atoms with E-state index in [1.165, 1.54) is 5.56 Å². The van der Waals surface area contributed by atoms with Crippen molar-refractivity contribution >= 4 is 28.5 Å².